The summed E-state index contributed by atoms with van der Waals surface area (Å²) in [6.07, 6.45) is 0.927. The fourth-order valence-electron chi connectivity index (χ4n) is 1.91. The van der Waals surface area contributed by atoms with Gasteiger partial charge in [-0.3, -0.25) is 4.79 Å². The summed E-state index contributed by atoms with van der Waals surface area (Å²) in [6.45, 7) is 2.72. The summed E-state index contributed by atoms with van der Waals surface area (Å²) in [5.41, 5.74) is 1.54. The molecule has 1 aromatic heterocycles. The minimum Gasteiger partial charge on any atom is -0.351 e. The maximum absolute atomic E-state index is 11.9. The summed E-state index contributed by atoms with van der Waals surface area (Å²) >= 11 is 6.13. The van der Waals surface area contributed by atoms with Crippen LogP contribution < -0.4 is 5.32 Å². The molecule has 3 nitrogen and oxygen atoms in total. The number of para-hydroxylation sites is 1. The molecule has 1 heterocycles. The standard InChI is InChI=1S/C13H15ClN2O/c1-3-7-15-13(17)11-8-9-5-4-6-10(14)12(9)16(11)2/h4-6,8H,3,7H2,1-2H3,(H,15,17). The van der Waals surface area contributed by atoms with E-state index in [9.17, 15) is 4.79 Å². The molecule has 0 unspecified atom stereocenters. The summed E-state index contributed by atoms with van der Waals surface area (Å²) in [7, 11) is 1.86. The average Bonchev–Trinajstić information content (AvgIpc) is 2.65. The Kier molecular flexibility index (Phi) is 3.38. The predicted molar refractivity (Wildman–Crippen MR) is 70.6 cm³/mol. The molecule has 4 heteroatoms. The SMILES string of the molecule is CCCNC(=O)c1cc2cccc(Cl)c2n1C. The lowest BCUT2D eigenvalue weighted by molar-refractivity contribution is 0.0946. The molecule has 0 bridgehead atoms. The molecule has 0 saturated carbocycles. The minimum atomic E-state index is -0.0541. The molecule has 0 aliphatic heterocycles. The van der Waals surface area contributed by atoms with E-state index in [1.54, 1.807) is 0 Å². The zero-order valence-corrected chi connectivity index (χ0v) is 10.7. The number of amides is 1. The zero-order chi connectivity index (χ0) is 12.4. The average molecular weight is 251 g/mol. The molecule has 1 N–H and O–H groups in total. The van der Waals surface area contributed by atoms with Gasteiger partial charge < -0.3 is 9.88 Å². The molecule has 2 aromatic rings. The molecule has 1 aromatic carbocycles. The van der Waals surface area contributed by atoms with Gasteiger partial charge in [-0.25, -0.2) is 0 Å². The molecular weight excluding hydrogens is 236 g/mol. The first-order valence-corrected chi connectivity index (χ1v) is 6.05. The van der Waals surface area contributed by atoms with E-state index >= 15 is 0 Å². The van der Waals surface area contributed by atoms with Crippen LogP contribution in [0.3, 0.4) is 0 Å². The smallest absolute Gasteiger partial charge is 0.267 e. The highest BCUT2D eigenvalue weighted by Crippen LogP contribution is 2.25. The Morgan fingerprint density at radius 3 is 2.88 bits per heavy atom. The van der Waals surface area contributed by atoms with Gasteiger partial charge in [0.2, 0.25) is 0 Å². The monoisotopic (exact) mass is 250 g/mol. The van der Waals surface area contributed by atoms with E-state index in [0.717, 1.165) is 17.3 Å². The Bertz CT molecular complexity index is 560. The van der Waals surface area contributed by atoms with Gasteiger partial charge in [0.1, 0.15) is 5.69 Å². The fraction of sp³-hybridized carbons (Fsp3) is 0.308. The number of halogens is 1. The van der Waals surface area contributed by atoms with Crippen LogP contribution in [0.4, 0.5) is 0 Å². The van der Waals surface area contributed by atoms with Crippen molar-refractivity contribution in [2.75, 3.05) is 6.54 Å². The molecule has 0 saturated heterocycles. The first kappa shape index (κ1) is 12.0. The first-order valence-electron chi connectivity index (χ1n) is 5.67. The number of nitrogens with zero attached hydrogens (tertiary/aromatic N) is 1. The number of hydrogen-bond donors (Lipinski definition) is 1. The van der Waals surface area contributed by atoms with E-state index in [1.807, 2.05) is 42.8 Å². The largest absolute Gasteiger partial charge is 0.351 e. The number of aryl methyl sites for hydroxylation is 1. The van der Waals surface area contributed by atoms with Crippen molar-refractivity contribution in [2.45, 2.75) is 13.3 Å². The predicted octanol–water partition coefficient (Wildman–Crippen LogP) is 2.97. The van der Waals surface area contributed by atoms with E-state index in [2.05, 4.69) is 5.32 Å². The molecule has 0 spiro atoms. The van der Waals surface area contributed by atoms with E-state index in [4.69, 9.17) is 11.6 Å². The van der Waals surface area contributed by atoms with Crippen LogP contribution in [-0.2, 0) is 7.05 Å². The molecular formula is C13H15ClN2O. The number of aromatic nitrogens is 1. The van der Waals surface area contributed by atoms with Gasteiger partial charge >= 0.3 is 0 Å². The molecule has 2 rings (SSSR count). The summed E-state index contributed by atoms with van der Waals surface area (Å²) < 4.78 is 1.84. The lowest BCUT2D eigenvalue weighted by atomic mass is 10.2. The Balaban J connectivity index is 2.46. The van der Waals surface area contributed by atoms with Crippen LogP contribution in [0.15, 0.2) is 24.3 Å². The van der Waals surface area contributed by atoms with Crippen LogP contribution >= 0.6 is 11.6 Å². The maximum Gasteiger partial charge on any atom is 0.267 e. The molecule has 0 aliphatic rings. The third-order valence-corrected chi connectivity index (χ3v) is 3.08. The van der Waals surface area contributed by atoms with Crippen molar-refractivity contribution in [1.29, 1.82) is 0 Å². The van der Waals surface area contributed by atoms with E-state index in [-0.39, 0.29) is 5.91 Å². The second kappa shape index (κ2) is 4.80. The topological polar surface area (TPSA) is 34.0 Å². The highest BCUT2D eigenvalue weighted by Gasteiger charge is 2.14. The molecule has 1 amide bonds. The van der Waals surface area contributed by atoms with Gasteiger partial charge in [-0.1, -0.05) is 30.7 Å². The summed E-state index contributed by atoms with van der Waals surface area (Å²) in [5.74, 6) is -0.0541. The highest BCUT2D eigenvalue weighted by atomic mass is 35.5. The number of carbonyl (C=O) groups excluding carboxylic acids is 1. The summed E-state index contributed by atoms with van der Waals surface area (Å²) in [5, 5.41) is 4.52. The Morgan fingerprint density at radius 1 is 1.47 bits per heavy atom. The van der Waals surface area contributed by atoms with Crippen LogP contribution in [-0.4, -0.2) is 17.0 Å². The van der Waals surface area contributed by atoms with Crippen molar-refractivity contribution in [3.63, 3.8) is 0 Å². The molecule has 0 fully saturated rings. The molecule has 0 radical (unpaired) electrons. The van der Waals surface area contributed by atoms with Crippen LogP contribution in [0, 0.1) is 0 Å². The number of carbonyl (C=O) groups is 1. The normalized spacial score (nSPS) is 10.8. The van der Waals surface area contributed by atoms with Gasteiger partial charge in [0.15, 0.2) is 0 Å². The number of nitrogens with one attached hydrogen (secondary N) is 1. The van der Waals surface area contributed by atoms with Crippen LogP contribution in [0.1, 0.15) is 23.8 Å². The number of hydrogen-bond acceptors (Lipinski definition) is 1. The molecule has 0 aliphatic carbocycles. The number of benzene rings is 1. The number of rotatable bonds is 3. The third kappa shape index (κ3) is 2.15. The zero-order valence-electron chi connectivity index (χ0n) is 9.96. The minimum absolute atomic E-state index is 0.0541. The lowest BCUT2D eigenvalue weighted by Crippen LogP contribution is -2.25. The van der Waals surface area contributed by atoms with Gasteiger partial charge in [-0.05, 0) is 18.6 Å². The van der Waals surface area contributed by atoms with Gasteiger partial charge in [-0.15, -0.1) is 0 Å². The van der Waals surface area contributed by atoms with Gasteiger partial charge in [-0.2, -0.15) is 0 Å². The molecule has 17 heavy (non-hydrogen) atoms. The van der Waals surface area contributed by atoms with Gasteiger partial charge in [0.05, 0.1) is 10.5 Å². The maximum atomic E-state index is 11.9. The molecule has 0 atom stereocenters. The second-order valence-corrected chi connectivity index (χ2v) is 4.43. The Morgan fingerprint density at radius 2 is 2.24 bits per heavy atom. The van der Waals surface area contributed by atoms with Gasteiger partial charge in [0, 0.05) is 19.0 Å². The highest BCUT2D eigenvalue weighted by molar-refractivity contribution is 6.35. The Labute approximate surface area is 105 Å². The van der Waals surface area contributed by atoms with Crippen molar-refractivity contribution < 1.29 is 4.79 Å². The second-order valence-electron chi connectivity index (χ2n) is 4.02. The van der Waals surface area contributed by atoms with E-state index in [0.29, 0.717) is 17.3 Å². The number of fused-ring (bicyclic) bond motifs is 1. The van der Waals surface area contributed by atoms with Crippen LogP contribution in [0.5, 0.6) is 0 Å². The van der Waals surface area contributed by atoms with Crippen molar-refractivity contribution in [3.8, 4) is 0 Å². The van der Waals surface area contributed by atoms with Crippen LogP contribution in [0.25, 0.3) is 10.9 Å². The van der Waals surface area contributed by atoms with E-state index in [1.165, 1.54) is 0 Å². The van der Waals surface area contributed by atoms with Crippen LogP contribution in [0.2, 0.25) is 5.02 Å². The third-order valence-electron chi connectivity index (χ3n) is 2.78. The summed E-state index contributed by atoms with van der Waals surface area (Å²) in [4.78, 5) is 11.9. The Hall–Kier alpha value is -1.48. The van der Waals surface area contributed by atoms with E-state index < -0.39 is 0 Å². The van der Waals surface area contributed by atoms with Crippen molar-refractivity contribution in [2.24, 2.45) is 7.05 Å². The lowest BCUT2D eigenvalue weighted by Gasteiger charge is -2.05. The first-order chi connectivity index (χ1) is 8.15. The van der Waals surface area contributed by atoms with Crippen molar-refractivity contribution in [1.82, 2.24) is 9.88 Å². The summed E-state index contributed by atoms with van der Waals surface area (Å²) in [6, 6.07) is 7.54. The van der Waals surface area contributed by atoms with Crippen molar-refractivity contribution in [3.05, 3.63) is 35.0 Å². The van der Waals surface area contributed by atoms with Crippen molar-refractivity contribution >= 4 is 28.4 Å². The van der Waals surface area contributed by atoms with Gasteiger partial charge in [0.25, 0.3) is 5.91 Å². The molecule has 90 valence electrons. The quantitative estimate of drug-likeness (QED) is 0.893. The fourth-order valence-corrected chi connectivity index (χ4v) is 2.22.